The molecule has 6 nitrogen and oxygen atoms in total. The van der Waals surface area contributed by atoms with Crippen LogP contribution in [0.15, 0.2) is 53.7 Å². The molecule has 0 unspecified atom stereocenters. The van der Waals surface area contributed by atoms with E-state index in [-0.39, 0.29) is 23.3 Å². The van der Waals surface area contributed by atoms with Gasteiger partial charge in [0.05, 0.1) is 5.75 Å². The molecule has 0 fully saturated rings. The normalized spacial score (nSPS) is 11.0. The molecule has 1 N–H and O–H groups in total. The van der Waals surface area contributed by atoms with Gasteiger partial charge in [0.25, 0.3) is 0 Å². The van der Waals surface area contributed by atoms with Gasteiger partial charge in [-0.3, -0.25) is 14.8 Å². The Morgan fingerprint density at radius 3 is 2.22 bits per heavy atom. The molecule has 1 aromatic heterocycles. The summed E-state index contributed by atoms with van der Waals surface area (Å²) in [6.45, 7) is 0. The molecule has 0 aliphatic rings. The zero-order valence-corrected chi connectivity index (χ0v) is 15.5. The number of hydrogen-bond donors (Lipinski definition) is 1. The molecule has 1 heterocycles. The Morgan fingerprint density at radius 2 is 1.63 bits per heavy atom. The summed E-state index contributed by atoms with van der Waals surface area (Å²) in [6.07, 6.45) is 0. The molecule has 0 bridgehead atoms. The first-order valence-electron chi connectivity index (χ1n) is 8.01. The molecule has 1 amide bonds. The first-order chi connectivity index (χ1) is 12.9. The van der Waals surface area contributed by atoms with Crippen molar-refractivity contribution in [2.45, 2.75) is 5.16 Å². The van der Waals surface area contributed by atoms with E-state index >= 15 is 0 Å². The van der Waals surface area contributed by atoms with Gasteiger partial charge in [-0.1, -0.05) is 11.8 Å². The Hall–Kier alpha value is -2.78. The standard InChI is InChI=1S/C18H17F2N5OS/c1-24(2)23-16(26)11-27-18-22-21-17(12-3-5-13(19)6-4-12)25(18)15-9-7-14(20)8-10-15/h3-10H,11H2,1-2H3,(H,23,26). The summed E-state index contributed by atoms with van der Waals surface area (Å²) < 4.78 is 28.3. The highest BCUT2D eigenvalue weighted by Gasteiger charge is 2.17. The number of carbonyl (C=O) groups excluding carboxylic acids is 1. The largest absolute Gasteiger partial charge is 0.289 e. The van der Waals surface area contributed by atoms with Crippen molar-refractivity contribution >= 4 is 17.7 Å². The van der Waals surface area contributed by atoms with Gasteiger partial charge in [-0.05, 0) is 48.5 Å². The van der Waals surface area contributed by atoms with Crippen LogP contribution in [0, 0.1) is 11.6 Å². The first kappa shape index (κ1) is 19.0. The van der Waals surface area contributed by atoms with Crippen LogP contribution in [0.3, 0.4) is 0 Å². The zero-order chi connectivity index (χ0) is 19.4. The summed E-state index contributed by atoms with van der Waals surface area (Å²) >= 11 is 1.20. The van der Waals surface area contributed by atoms with Crippen molar-refractivity contribution in [3.05, 3.63) is 60.2 Å². The summed E-state index contributed by atoms with van der Waals surface area (Å²) in [7, 11) is 3.44. The van der Waals surface area contributed by atoms with E-state index in [1.54, 1.807) is 47.9 Å². The summed E-state index contributed by atoms with van der Waals surface area (Å²) in [5.41, 5.74) is 3.94. The van der Waals surface area contributed by atoms with Gasteiger partial charge in [-0.25, -0.2) is 13.8 Å². The van der Waals surface area contributed by atoms with Crippen molar-refractivity contribution in [1.29, 1.82) is 0 Å². The lowest BCUT2D eigenvalue weighted by Gasteiger charge is -2.12. The van der Waals surface area contributed by atoms with Gasteiger partial charge in [0.2, 0.25) is 5.91 Å². The van der Waals surface area contributed by atoms with E-state index in [2.05, 4.69) is 15.6 Å². The molecule has 0 aliphatic heterocycles. The number of aromatic nitrogens is 3. The summed E-state index contributed by atoms with van der Waals surface area (Å²) in [4.78, 5) is 11.9. The first-order valence-corrected chi connectivity index (χ1v) is 8.99. The average molecular weight is 389 g/mol. The molecule has 0 aliphatic carbocycles. The van der Waals surface area contributed by atoms with Gasteiger partial charge in [0, 0.05) is 25.3 Å². The minimum atomic E-state index is -0.366. The minimum absolute atomic E-state index is 0.126. The van der Waals surface area contributed by atoms with Crippen molar-refractivity contribution in [2.75, 3.05) is 19.8 Å². The van der Waals surface area contributed by atoms with Gasteiger partial charge in [0.1, 0.15) is 11.6 Å². The molecule has 140 valence electrons. The molecule has 0 radical (unpaired) electrons. The molecular weight excluding hydrogens is 372 g/mol. The van der Waals surface area contributed by atoms with Crippen molar-refractivity contribution in [3.63, 3.8) is 0 Å². The van der Waals surface area contributed by atoms with Gasteiger partial charge in [-0.2, -0.15) is 0 Å². The van der Waals surface area contributed by atoms with E-state index in [4.69, 9.17) is 0 Å². The fourth-order valence-corrected chi connectivity index (χ4v) is 3.13. The molecule has 0 saturated heterocycles. The number of amides is 1. The third-order valence-electron chi connectivity index (χ3n) is 3.50. The van der Waals surface area contributed by atoms with Crippen molar-refractivity contribution < 1.29 is 13.6 Å². The average Bonchev–Trinajstić information content (AvgIpc) is 3.04. The maximum absolute atomic E-state index is 13.3. The predicted octanol–water partition coefficient (Wildman–Crippen LogP) is 2.90. The molecule has 0 spiro atoms. The molecule has 27 heavy (non-hydrogen) atoms. The monoisotopic (exact) mass is 389 g/mol. The van der Waals surface area contributed by atoms with Crippen LogP contribution in [0.1, 0.15) is 0 Å². The van der Waals surface area contributed by atoms with Gasteiger partial charge in [0.15, 0.2) is 11.0 Å². The Balaban J connectivity index is 1.97. The Kier molecular flexibility index (Phi) is 5.82. The number of hydrogen-bond acceptors (Lipinski definition) is 5. The van der Waals surface area contributed by atoms with Crippen LogP contribution in [-0.4, -0.2) is 45.5 Å². The quantitative estimate of drug-likeness (QED) is 0.519. The van der Waals surface area contributed by atoms with Crippen molar-refractivity contribution in [1.82, 2.24) is 25.2 Å². The summed E-state index contributed by atoms with van der Waals surface area (Å²) in [6, 6.07) is 11.7. The second-order valence-corrected chi connectivity index (χ2v) is 6.79. The lowest BCUT2D eigenvalue weighted by molar-refractivity contribution is -0.122. The minimum Gasteiger partial charge on any atom is -0.289 e. The van der Waals surface area contributed by atoms with Crippen LogP contribution < -0.4 is 5.43 Å². The van der Waals surface area contributed by atoms with E-state index < -0.39 is 0 Å². The maximum atomic E-state index is 13.3. The fourth-order valence-electron chi connectivity index (χ4n) is 2.38. The number of thioether (sulfide) groups is 1. The second kappa shape index (κ2) is 8.28. The summed E-state index contributed by atoms with van der Waals surface area (Å²) in [5, 5.41) is 10.4. The highest BCUT2D eigenvalue weighted by atomic mass is 32.2. The van der Waals surface area contributed by atoms with Crippen molar-refractivity contribution in [3.8, 4) is 17.1 Å². The third kappa shape index (κ3) is 4.69. The number of carbonyl (C=O) groups is 1. The van der Waals surface area contributed by atoms with Crippen LogP contribution in [-0.2, 0) is 4.79 Å². The van der Waals surface area contributed by atoms with E-state index in [1.807, 2.05) is 0 Å². The SMILES string of the molecule is CN(C)NC(=O)CSc1nnc(-c2ccc(F)cc2)n1-c1ccc(F)cc1. The predicted molar refractivity (Wildman–Crippen MR) is 99.3 cm³/mol. The molecule has 2 aromatic carbocycles. The molecule has 0 saturated carbocycles. The topological polar surface area (TPSA) is 63.1 Å². The Morgan fingerprint density at radius 1 is 1.04 bits per heavy atom. The number of halogens is 2. The van der Waals surface area contributed by atoms with Crippen LogP contribution in [0.2, 0.25) is 0 Å². The van der Waals surface area contributed by atoms with E-state index in [0.717, 1.165) is 0 Å². The van der Waals surface area contributed by atoms with Crippen molar-refractivity contribution in [2.24, 2.45) is 0 Å². The van der Waals surface area contributed by atoms with Gasteiger partial charge in [-0.15, -0.1) is 10.2 Å². The van der Waals surface area contributed by atoms with Crippen LogP contribution in [0.5, 0.6) is 0 Å². The smallest absolute Gasteiger partial charge is 0.244 e. The zero-order valence-electron chi connectivity index (χ0n) is 14.7. The number of nitrogens with one attached hydrogen (secondary N) is 1. The Labute approximate surface area is 159 Å². The van der Waals surface area contributed by atoms with E-state index in [9.17, 15) is 13.6 Å². The highest BCUT2D eigenvalue weighted by Crippen LogP contribution is 2.28. The molecule has 9 heteroatoms. The Bertz CT molecular complexity index is 926. The van der Waals surface area contributed by atoms with Gasteiger partial charge < -0.3 is 0 Å². The number of rotatable bonds is 6. The maximum Gasteiger partial charge on any atom is 0.244 e. The summed E-state index contributed by atoms with van der Waals surface area (Å²) in [5.74, 6) is -0.323. The van der Waals surface area contributed by atoms with E-state index in [1.165, 1.54) is 36.0 Å². The van der Waals surface area contributed by atoms with E-state index in [0.29, 0.717) is 22.2 Å². The molecular formula is C18H17F2N5OS. The number of hydrazine groups is 1. The lowest BCUT2D eigenvalue weighted by atomic mass is 10.2. The fraction of sp³-hybridized carbons (Fsp3) is 0.167. The lowest BCUT2D eigenvalue weighted by Crippen LogP contribution is -2.37. The number of nitrogens with zero attached hydrogens (tertiary/aromatic N) is 4. The second-order valence-electron chi connectivity index (χ2n) is 5.84. The molecule has 0 atom stereocenters. The third-order valence-corrected chi connectivity index (χ3v) is 4.43. The van der Waals surface area contributed by atoms with Crippen LogP contribution >= 0.6 is 11.8 Å². The highest BCUT2D eigenvalue weighted by molar-refractivity contribution is 7.99. The molecule has 3 aromatic rings. The van der Waals surface area contributed by atoms with Crippen LogP contribution in [0.4, 0.5) is 8.78 Å². The number of benzene rings is 2. The van der Waals surface area contributed by atoms with Crippen LogP contribution in [0.25, 0.3) is 17.1 Å². The molecule has 3 rings (SSSR count). The van der Waals surface area contributed by atoms with Gasteiger partial charge >= 0.3 is 0 Å².